The van der Waals surface area contributed by atoms with Crippen LogP contribution in [0.15, 0.2) is 6.07 Å². The van der Waals surface area contributed by atoms with Gasteiger partial charge < -0.3 is 10.4 Å². The van der Waals surface area contributed by atoms with E-state index in [-0.39, 0.29) is 23.2 Å². The minimum absolute atomic E-state index is 0.0620. The van der Waals surface area contributed by atoms with Gasteiger partial charge in [0.05, 0.1) is 6.04 Å². The van der Waals surface area contributed by atoms with E-state index < -0.39 is 0 Å². The molecule has 1 atom stereocenters. The molecule has 1 amide bonds. The Kier molecular flexibility index (Phi) is 3.52. The van der Waals surface area contributed by atoms with E-state index in [1.54, 1.807) is 0 Å². The molecule has 0 heterocycles. The molecule has 0 fully saturated rings. The molecule has 1 aliphatic carbocycles. The van der Waals surface area contributed by atoms with Crippen molar-refractivity contribution in [3.8, 4) is 5.75 Å². The molecule has 19 heavy (non-hydrogen) atoms. The number of hydrogen-bond acceptors (Lipinski definition) is 2. The molecule has 2 N–H and O–H groups in total. The lowest BCUT2D eigenvalue weighted by Crippen LogP contribution is -2.36. The quantitative estimate of drug-likeness (QED) is 0.819. The van der Waals surface area contributed by atoms with Gasteiger partial charge in [-0.2, -0.15) is 0 Å². The Hall–Kier alpha value is -1.22. The largest absolute Gasteiger partial charge is 0.507 e. The number of phenols is 1. The number of aryl methyl sites for hydroxylation is 2. The molecule has 4 heteroatoms. The van der Waals surface area contributed by atoms with Gasteiger partial charge in [-0.1, -0.05) is 19.9 Å². The van der Waals surface area contributed by atoms with Gasteiger partial charge in [-0.15, -0.1) is 11.6 Å². The summed E-state index contributed by atoms with van der Waals surface area (Å²) in [7, 11) is 0. The number of alkyl halides is 1. The summed E-state index contributed by atoms with van der Waals surface area (Å²) in [4.78, 5) is 11.6. The van der Waals surface area contributed by atoms with Crippen molar-refractivity contribution in [3.05, 3.63) is 28.3 Å². The predicted molar refractivity (Wildman–Crippen MR) is 76.7 cm³/mol. The fraction of sp³-hybridized carbons (Fsp3) is 0.533. The summed E-state index contributed by atoms with van der Waals surface area (Å²) < 4.78 is 0. The van der Waals surface area contributed by atoms with Gasteiger partial charge in [0.25, 0.3) is 0 Å². The zero-order valence-electron chi connectivity index (χ0n) is 11.8. The first-order valence-corrected chi connectivity index (χ1v) is 6.98. The average molecular weight is 282 g/mol. The summed E-state index contributed by atoms with van der Waals surface area (Å²) in [5.41, 5.74) is 3.90. The van der Waals surface area contributed by atoms with Crippen molar-refractivity contribution < 1.29 is 9.90 Å². The lowest BCUT2D eigenvalue weighted by Gasteiger charge is -2.28. The molecule has 0 saturated carbocycles. The Morgan fingerprint density at radius 1 is 1.47 bits per heavy atom. The first-order valence-electron chi connectivity index (χ1n) is 6.45. The molecule has 1 aliphatic rings. The molecule has 0 saturated heterocycles. The SMILES string of the molecule is Cc1cc(C)c2c(c1O)C(NC(=O)CCl)C(C)(C)C2. The van der Waals surface area contributed by atoms with Crippen molar-refractivity contribution >= 4 is 17.5 Å². The van der Waals surface area contributed by atoms with E-state index in [1.165, 1.54) is 5.56 Å². The van der Waals surface area contributed by atoms with Crippen LogP contribution in [0.4, 0.5) is 0 Å². The molecule has 1 aromatic rings. The molecule has 104 valence electrons. The summed E-state index contributed by atoms with van der Waals surface area (Å²) in [6.45, 7) is 8.13. The molecular formula is C15H20ClNO2. The van der Waals surface area contributed by atoms with Gasteiger partial charge in [0.2, 0.25) is 5.91 Å². The van der Waals surface area contributed by atoms with E-state index >= 15 is 0 Å². The molecule has 0 aromatic heterocycles. The fourth-order valence-electron chi connectivity index (χ4n) is 3.01. The van der Waals surface area contributed by atoms with Crippen LogP contribution in [0.2, 0.25) is 0 Å². The molecular weight excluding hydrogens is 262 g/mol. The second-order valence-corrected chi connectivity index (χ2v) is 6.32. The zero-order valence-corrected chi connectivity index (χ0v) is 12.6. The number of carbonyl (C=O) groups excluding carboxylic acids is 1. The van der Waals surface area contributed by atoms with Crippen molar-refractivity contribution in [2.24, 2.45) is 5.41 Å². The van der Waals surface area contributed by atoms with Crippen LogP contribution in [0.1, 0.15) is 42.1 Å². The third-order valence-electron chi connectivity index (χ3n) is 3.99. The zero-order chi connectivity index (χ0) is 14.4. The van der Waals surface area contributed by atoms with Gasteiger partial charge >= 0.3 is 0 Å². The highest BCUT2D eigenvalue weighted by Gasteiger charge is 2.42. The molecule has 0 radical (unpaired) electrons. The van der Waals surface area contributed by atoms with Gasteiger partial charge in [-0.05, 0) is 42.4 Å². The van der Waals surface area contributed by atoms with Gasteiger partial charge in [0.15, 0.2) is 0 Å². The number of hydrogen-bond donors (Lipinski definition) is 2. The number of nitrogens with one attached hydrogen (secondary N) is 1. The van der Waals surface area contributed by atoms with Gasteiger partial charge in [-0.25, -0.2) is 0 Å². The molecule has 0 aliphatic heterocycles. The molecule has 1 unspecified atom stereocenters. The third-order valence-corrected chi connectivity index (χ3v) is 4.23. The minimum Gasteiger partial charge on any atom is -0.507 e. The number of benzene rings is 1. The Balaban J connectivity index is 2.55. The van der Waals surface area contributed by atoms with Crippen LogP contribution in [0.25, 0.3) is 0 Å². The van der Waals surface area contributed by atoms with E-state index in [9.17, 15) is 9.90 Å². The smallest absolute Gasteiger partial charge is 0.235 e. The van der Waals surface area contributed by atoms with Crippen molar-refractivity contribution in [1.29, 1.82) is 0 Å². The highest BCUT2D eigenvalue weighted by atomic mass is 35.5. The summed E-state index contributed by atoms with van der Waals surface area (Å²) in [5.74, 6) is 0.0326. The topological polar surface area (TPSA) is 49.3 Å². The second-order valence-electron chi connectivity index (χ2n) is 6.05. The maximum Gasteiger partial charge on any atom is 0.235 e. The van der Waals surface area contributed by atoms with E-state index in [0.29, 0.717) is 5.75 Å². The normalized spacial score (nSPS) is 20.2. The van der Waals surface area contributed by atoms with E-state index in [0.717, 1.165) is 23.1 Å². The van der Waals surface area contributed by atoms with Crippen LogP contribution in [-0.2, 0) is 11.2 Å². The Bertz CT molecular complexity index is 537. The lowest BCUT2D eigenvalue weighted by molar-refractivity contribution is -0.120. The number of amides is 1. The lowest BCUT2D eigenvalue weighted by atomic mass is 9.85. The Morgan fingerprint density at radius 2 is 2.11 bits per heavy atom. The molecule has 2 rings (SSSR count). The third kappa shape index (κ3) is 2.32. The molecule has 0 spiro atoms. The van der Waals surface area contributed by atoms with Crippen molar-refractivity contribution in [3.63, 3.8) is 0 Å². The van der Waals surface area contributed by atoms with Crippen molar-refractivity contribution in [1.82, 2.24) is 5.32 Å². The standard InChI is InChI=1S/C15H20ClNO2/c1-8-5-9(2)13(19)12-10(8)6-15(3,4)14(12)17-11(18)7-16/h5,14,19H,6-7H2,1-4H3,(H,17,18). The number of carbonyl (C=O) groups is 1. The van der Waals surface area contributed by atoms with E-state index in [4.69, 9.17) is 11.6 Å². The number of fused-ring (bicyclic) bond motifs is 1. The molecule has 0 bridgehead atoms. The van der Waals surface area contributed by atoms with Gasteiger partial charge in [-0.3, -0.25) is 4.79 Å². The highest BCUT2D eigenvalue weighted by Crippen LogP contribution is 2.50. The summed E-state index contributed by atoms with van der Waals surface area (Å²) >= 11 is 5.58. The van der Waals surface area contributed by atoms with E-state index in [1.807, 2.05) is 19.9 Å². The Labute approximate surface area is 119 Å². The van der Waals surface area contributed by atoms with Crippen LogP contribution in [0.5, 0.6) is 5.75 Å². The Morgan fingerprint density at radius 3 is 2.68 bits per heavy atom. The first kappa shape index (κ1) is 14.2. The maximum atomic E-state index is 11.6. The predicted octanol–water partition coefficient (Wildman–Crippen LogP) is 2.99. The molecule has 1 aromatic carbocycles. The van der Waals surface area contributed by atoms with Crippen LogP contribution >= 0.6 is 11.6 Å². The van der Waals surface area contributed by atoms with Gasteiger partial charge in [0, 0.05) is 5.56 Å². The summed E-state index contributed by atoms with van der Waals surface area (Å²) in [5, 5.41) is 13.3. The number of phenolic OH excluding ortho intramolecular Hbond substituents is 1. The number of aromatic hydroxyl groups is 1. The maximum absolute atomic E-state index is 11.6. The van der Waals surface area contributed by atoms with Crippen LogP contribution in [0.3, 0.4) is 0 Å². The number of halogens is 1. The van der Waals surface area contributed by atoms with E-state index in [2.05, 4.69) is 19.2 Å². The summed E-state index contributed by atoms with van der Waals surface area (Å²) in [6.07, 6.45) is 0.842. The fourth-order valence-corrected chi connectivity index (χ4v) is 3.09. The minimum atomic E-state index is -0.203. The monoisotopic (exact) mass is 281 g/mol. The molecule has 3 nitrogen and oxygen atoms in total. The second kappa shape index (κ2) is 4.71. The van der Waals surface area contributed by atoms with Gasteiger partial charge in [0.1, 0.15) is 11.6 Å². The number of rotatable bonds is 2. The average Bonchev–Trinajstić information content (AvgIpc) is 2.59. The van der Waals surface area contributed by atoms with Crippen molar-refractivity contribution in [2.45, 2.75) is 40.2 Å². The first-order chi connectivity index (χ1) is 8.77. The summed E-state index contributed by atoms with van der Waals surface area (Å²) in [6, 6.07) is 1.81. The van der Waals surface area contributed by atoms with Crippen LogP contribution < -0.4 is 5.32 Å². The van der Waals surface area contributed by atoms with Crippen LogP contribution in [0, 0.1) is 19.3 Å². The highest BCUT2D eigenvalue weighted by molar-refractivity contribution is 6.27. The van der Waals surface area contributed by atoms with Crippen LogP contribution in [-0.4, -0.2) is 16.9 Å². The van der Waals surface area contributed by atoms with Crippen molar-refractivity contribution in [2.75, 3.05) is 5.88 Å².